The lowest BCUT2D eigenvalue weighted by Gasteiger charge is -2.29. The van der Waals surface area contributed by atoms with Gasteiger partial charge in [0, 0.05) is 24.4 Å². The maximum absolute atomic E-state index is 12.9. The van der Waals surface area contributed by atoms with Gasteiger partial charge in [-0.05, 0) is 5.41 Å². The Bertz CT molecular complexity index is 665. The minimum Gasteiger partial charge on any atom is -0.376 e. The van der Waals surface area contributed by atoms with Crippen LogP contribution in [0, 0.1) is 5.41 Å². The quantitative estimate of drug-likeness (QED) is 0.854. The number of nitrogens with one attached hydrogen (secondary N) is 2. The van der Waals surface area contributed by atoms with Crippen molar-refractivity contribution >= 4 is 11.9 Å². The molecule has 2 N–H and O–H groups in total. The summed E-state index contributed by atoms with van der Waals surface area (Å²) in [6, 6.07) is -1.03. The van der Waals surface area contributed by atoms with Gasteiger partial charge in [0.05, 0.1) is 24.6 Å². The van der Waals surface area contributed by atoms with Gasteiger partial charge in [-0.15, -0.1) is 0 Å². The number of nitrogens with zero attached hydrogens (tertiary/aromatic N) is 2. The molecule has 7 nitrogen and oxygen atoms in total. The van der Waals surface area contributed by atoms with E-state index in [0.717, 1.165) is 17.0 Å². The summed E-state index contributed by atoms with van der Waals surface area (Å²) in [5.41, 5.74) is 2.11. The average molecular weight is 350 g/mol. The predicted octanol–water partition coefficient (Wildman–Crippen LogP) is 1.97. The van der Waals surface area contributed by atoms with E-state index in [2.05, 4.69) is 36.5 Å². The molecule has 0 saturated heterocycles. The zero-order chi connectivity index (χ0) is 19.0. The average Bonchev–Trinajstić information content (AvgIpc) is 2.90. The van der Waals surface area contributed by atoms with E-state index in [1.807, 2.05) is 20.8 Å². The first-order valence-corrected chi connectivity index (χ1v) is 8.68. The smallest absolute Gasteiger partial charge is 0.342 e. The summed E-state index contributed by atoms with van der Waals surface area (Å²) in [4.78, 5) is 25.1. The molecule has 1 aromatic heterocycles. The van der Waals surface area contributed by atoms with Gasteiger partial charge >= 0.3 is 6.03 Å². The number of fused-ring (bicyclic) bond motifs is 1. The largest absolute Gasteiger partial charge is 0.376 e. The van der Waals surface area contributed by atoms with Crippen LogP contribution in [-0.2, 0) is 28.0 Å². The van der Waals surface area contributed by atoms with Crippen LogP contribution in [-0.4, -0.2) is 41.4 Å². The lowest BCUT2D eigenvalue weighted by Crippen LogP contribution is -2.54. The van der Waals surface area contributed by atoms with Crippen LogP contribution in [0.2, 0.25) is 0 Å². The number of likely N-dealkylation sites (N-methyl/N-ethyl adjacent to an activating group) is 1. The fourth-order valence-electron chi connectivity index (χ4n) is 3.01. The van der Waals surface area contributed by atoms with Gasteiger partial charge in [0.15, 0.2) is 0 Å². The van der Waals surface area contributed by atoms with E-state index >= 15 is 0 Å². The molecule has 7 heteroatoms. The van der Waals surface area contributed by atoms with Crippen LogP contribution in [0.25, 0.3) is 0 Å². The lowest BCUT2D eigenvalue weighted by molar-refractivity contribution is -0.124. The zero-order valence-electron chi connectivity index (χ0n) is 16.3. The third-order valence-corrected chi connectivity index (χ3v) is 4.36. The van der Waals surface area contributed by atoms with Gasteiger partial charge in [0.1, 0.15) is 6.04 Å². The van der Waals surface area contributed by atoms with E-state index in [0.29, 0.717) is 19.6 Å². The maximum Gasteiger partial charge on any atom is 0.342 e. The summed E-state index contributed by atoms with van der Waals surface area (Å²) in [6.07, 6.45) is 0.631. The van der Waals surface area contributed by atoms with Crippen molar-refractivity contribution in [2.24, 2.45) is 5.41 Å². The van der Waals surface area contributed by atoms with Crippen molar-refractivity contribution in [2.45, 2.75) is 66.0 Å². The Morgan fingerprint density at radius 1 is 1.20 bits per heavy atom. The third kappa shape index (κ3) is 4.03. The molecule has 1 aliphatic rings. The van der Waals surface area contributed by atoms with E-state index in [1.54, 1.807) is 7.05 Å². The molecule has 2 rings (SSSR count). The number of ether oxygens (including phenoxy) is 1. The summed E-state index contributed by atoms with van der Waals surface area (Å²) < 4.78 is 6.98. The molecule has 0 aromatic carbocycles. The van der Waals surface area contributed by atoms with Crippen molar-refractivity contribution in [3.63, 3.8) is 0 Å². The van der Waals surface area contributed by atoms with E-state index in [1.165, 1.54) is 4.68 Å². The van der Waals surface area contributed by atoms with Crippen molar-refractivity contribution in [1.82, 2.24) is 20.4 Å². The Morgan fingerprint density at radius 2 is 1.84 bits per heavy atom. The van der Waals surface area contributed by atoms with Gasteiger partial charge in [-0.2, -0.15) is 9.78 Å². The first-order chi connectivity index (χ1) is 11.5. The van der Waals surface area contributed by atoms with Gasteiger partial charge in [0.25, 0.3) is 0 Å². The van der Waals surface area contributed by atoms with Crippen molar-refractivity contribution in [3.8, 4) is 0 Å². The number of amides is 2. The topological polar surface area (TPSA) is 85.3 Å². The summed E-state index contributed by atoms with van der Waals surface area (Å²) >= 11 is 0. The molecule has 0 bridgehead atoms. The fourth-order valence-corrected chi connectivity index (χ4v) is 3.01. The molecule has 2 amide bonds. The van der Waals surface area contributed by atoms with Crippen LogP contribution in [0.4, 0.5) is 4.79 Å². The molecule has 2 heterocycles. The van der Waals surface area contributed by atoms with Crippen molar-refractivity contribution in [3.05, 3.63) is 17.0 Å². The Kier molecular flexibility index (Phi) is 5.27. The fraction of sp³-hybridized carbons (Fsp3) is 0.722. The molecule has 0 radical (unpaired) electrons. The molecule has 140 valence electrons. The molecule has 0 aliphatic carbocycles. The summed E-state index contributed by atoms with van der Waals surface area (Å²) in [5, 5.41) is 10.0. The summed E-state index contributed by atoms with van der Waals surface area (Å²) in [6.45, 7) is 13.0. The van der Waals surface area contributed by atoms with Crippen LogP contribution < -0.4 is 10.6 Å². The maximum atomic E-state index is 12.9. The predicted molar refractivity (Wildman–Crippen MR) is 95.5 cm³/mol. The van der Waals surface area contributed by atoms with E-state index in [-0.39, 0.29) is 17.4 Å². The third-order valence-electron chi connectivity index (χ3n) is 4.36. The molecular weight excluding hydrogens is 320 g/mol. The van der Waals surface area contributed by atoms with Crippen molar-refractivity contribution in [1.29, 1.82) is 0 Å². The highest BCUT2D eigenvalue weighted by Crippen LogP contribution is 2.30. The number of aromatic nitrogens is 2. The normalized spacial score (nSPS) is 16.1. The number of rotatable bonds is 2. The lowest BCUT2D eigenvalue weighted by atomic mass is 9.86. The number of carbonyl (C=O) groups is 2. The van der Waals surface area contributed by atoms with E-state index < -0.39 is 11.5 Å². The SMILES string of the molecule is CNC(=O)C(NC(=O)n1nc(C(C)(C)C)c2c1CCOC2)C(C)(C)C. The number of hydrogen-bond acceptors (Lipinski definition) is 4. The first kappa shape index (κ1) is 19.4. The van der Waals surface area contributed by atoms with Crippen molar-refractivity contribution in [2.75, 3.05) is 13.7 Å². The monoisotopic (exact) mass is 350 g/mol. The molecule has 0 spiro atoms. The van der Waals surface area contributed by atoms with Crippen LogP contribution in [0.15, 0.2) is 0 Å². The van der Waals surface area contributed by atoms with Crippen molar-refractivity contribution < 1.29 is 14.3 Å². The van der Waals surface area contributed by atoms with Crippen LogP contribution in [0.1, 0.15) is 58.5 Å². The molecule has 1 aliphatic heterocycles. The summed E-state index contributed by atoms with van der Waals surface area (Å²) in [7, 11) is 1.57. The molecule has 1 atom stereocenters. The van der Waals surface area contributed by atoms with Crippen LogP contribution >= 0.6 is 0 Å². The standard InChI is InChI=1S/C18H30N4O3/c1-17(2,3)13-11-10-25-9-8-12(11)22(21-13)16(24)20-14(15(23)19-7)18(4,5)6/h14H,8-10H2,1-7H3,(H,19,23)(H,20,24). The Balaban J connectivity index is 2.39. The molecule has 0 saturated carbocycles. The first-order valence-electron chi connectivity index (χ1n) is 8.68. The summed E-state index contributed by atoms with van der Waals surface area (Å²) in [5.74, 6) is -0.221. The molecule has 0 fully saturated rings. The second-order valence-corrected chi connectivity index (χ2v) is 8.60. The number of carbonyl (C=O) groups excluding carboxylic acids is 2. The van der Waals surface area contributed by atoms with Crippen LogP contribution in [0.3, 0.4) is 0 Å². The molecule has 1 aromatic rings. The second-order valence-electron chi connectivity index (χ2n) is 8.60. The second kappa shape index (κ2) is 6.78. The van der Waals surface area contributed by atoms with Gasteiger partial charge in [-0.25, -0.2) is 4.79 Å². The minimum absolute atomic E-state index is 0.194. The molecular formula is C18H30N4O3. The van der Waals surface area contributed by atoms with E-state index in [9.17, 15) is 9.59 Å². The molecule has 25 heavy (non-hydrogen) atoms. The van der Waals surface area contributed by atoms with Gasteiger partial charge in [0.2, 0.25) is 5.91 Å². The minimum atomic E-state index is -0.650. The Labute approximate surface area is 149 Å². The zero-order valence-corrected chi connectivity index (χ0v) is 16.3. The Hall–Kier alpha value is -1.89. The Morgan fingerprint density at radius 3 is 2.36 bits per heavy atom. The van der Waals surface area contributed by atoms with Gasteiger partial charge in [-0.3, -0.25) is 4.79 Å². The van der Waals surface area contributed by atoms with Crippen LogP contribution in [0.5, 0.6) is 0 Å². The number of hydrogen-bond donors (Lipinski definition) is 2. The van der Waals surface area contributed by atoms with E-state index in [4.69, 9.17) is 4.74 Å². The highest BCUT2D eigenvalue weighted by molar-refractivity contribution is 5.88. The molecule has 1 unspecified atom stereocenters. The highest BCUT2D eigenvalue weighted by Gasteiger charge is 2.35. The van der Waals surface area contributed by atoms with Gasteiger partial charge in [-0.1, -0.05) is 41.5 Å². The van der Waals surface area contributed by atoms with Gasteiger partial charge < -0.3 is 15.4 Å². The highest BCUT2D eigenvalue weighted by atomic mass is 16.5.